The van der Waals surface area contributed by atoms with E-state index in [-0.39, 0.29) is 0 Å². The lowest BCUT2D eigenvalue weighted by Crippen LogP contribution is -2.10. The topological polar surface area (TPSA) is 99.6 Å². The molecule has 16 aromatic carbocycles. The zero-order valence-corrected chi connectivity index (χ0v) is 57.0. The minimum absolute atomic E-state index is 0.310. The summed E-state index contributed by atoms with van der Waals surface area (Å²) in [6.07, 6.45) is 3.60. The van der Waals surface area contributed by atoms with Crippen LogP contribution in [0.25, 0.3) is 154 Å². The molecule has 5 heterocycles. The van der Waals surface area contributed by atoms with Gasteiger partial charge in [0.1, 0.15) is 12.1 Å². The van der Waals surface area contributed by atoms with Gasteiger partial charge >= 0.3 is 0 Å². The van der Waals surface area contributed by atoms with Crippen LogP contribution in [0.2, 0.25) is 0 Å². The number of fused-ring (bicyclic) bond motifs is 18. The summed E-state index contributed by atoms with van der Waals surface area (Å²) in [5.41, 5.74) is 22.7. The molecule has 492 valence electrons. The Labute approximate surface area is 608 Å². The van der Waals surface area contributed by atoms with E-state index in [1.54, 1.807) is 12.4 Å². The van der Waals surface area contributed by atoms with Gasteiger partial charge < -0.3 is 28.1 Å². The normalized spacial score (nSPS) is 11.8. The van der Waals surface area contributed by atoms with Gasteiger partial charge in [0.2, 0.25) is 0 Å². The second-order valence-electron chi connectivity index (χ2n) is 27.1. The van der Waals surface area contributed by atoms with Crippen LogP contribution < -0.4 is 9.80 Å². The van der Waals surface area contributed by atoms with Crippen LogP contribution in [-0.2, 0) is 0 Å². The van der Waals surface area contributed by atoms with Crippen molar-refractivity contribution in [2.45, 2.75) is 0 Å². The molecule has 0 aliphatic carbocycles. The van der Waals surface area contributed by atoms with Crippen molar-refractivity contribution in [1.82, 2.24) is 28.2 Å². The molecule has 0 atom stereocenters. The van der Waals surface area contributed by atoms with E-state index in [2.05, 4.69) is 368 Å². The zero-order chi connectivity index (χ0) is 70.1. The van der Waals surface area contributed by atoms with Crippen molar-refractivity contribution in [1.29, 1.82) is 10.5 Å². The standard InChI is InChI=1S/C96H58N10/c97-59-63-53-93(105-87-36-17-10-29-73(87)74-30-11-18-37-88(74)105)94(54-64(63)60-98)106-89-38-19-12-31-75(89)78-44-39-62(52-92(78)106)61-21-20-28-68(51-61)102(67-26-8-3-9-27-67)70-43-48-91-84(58-70)77-33-14-16-35-86(77)104(91)72-41-46-80-82(56-72)81-55-71(40-45-79(81)95-96(80)100-50-49-99-95)103-85-34-15-13-32-76(85)83-57-69(42-47-90(83)103)101(65-22-4-1-5-23-65)66-24-6-2-7-25-66/h1-58H. The van der Waals surface area contributed by atoms with Gasteiger partial charge in [-0.15, -0.1) is 0 Å². The van der Waals surface area contributed by atoms with Gasteiger partial charge in [-0.25, -0.2) is 0 Å². The van der Waals surface area contributed by atoms with Crippen LogP contribution in [0.15, 0.2) is 352 Å². The molecule has 5 aromatic heterocycles. The highest BCUT2D eigenvalue weighted by atomic mass is 15.2. The van der Waals surface area contributed by atoms with Gasteiger partial charge in [-0.1, -0.05) is 182 Å². The molecule has 106 heavy (non-hydrogen) atoms. The van der Waals surface area contributed by atoms with Crippen LogP contribution in [0.1, 0.15) is 11.1 Å². The van der Waals surface area contributed by atoms with Crippen molar-refractivity contribution >= 4 is 154 Å². The van der Waals surface area contributed by atoms with Gasteiger partial charge in [0.15, 0.2) is 0 Å². The van der Waals surface area contributed by atoms with Gasteiger partial charge in [0, 0.05) is 112 Å². The summed E-state index contributed by atoms with van der Waals surface area (Å²) in [5.74, 6) is 0. The van der Waals surface area contributed by atoms with Crippen molar-refractivity contribution in [2.24, 2.45) is 0 Å². The fourth-order valence-electron chi connectivity index (χ4n) is 16.9. The van der Waals surface area contributed by atoms with Gasteiger partial charge in [-0.2, -0.15) is 10.5 Å². The van der Waals surface area contributed by atoms with Gasteiger partial charge in [-0.05, 0) is 180 Å². The van der Waals surface area contributed by atoms with E-state index in [1.165, 1.54) is 5.39 Å². The maximum absolute atomic E-state index is 10.7. The molecule has 10 nitrogen and oxygen atoms in total. The number of aromatic nitrogens is 6. The molecule has 21 rings (SSSR count). The average molecular weight is 1350 g/mol. The molecule has 0 saturated heterocycles. The predicted molar refractivity (Wildman–Crippen MR) is 436 cm³/mol. The van der Waals surface area contributed by atoms with Crippen LogP contribution in [-0.4, -0.2) is 28.2 Å². The first-order valence-electron chi connectivity index (χ1n) is 35.6. The molecule has 0 aliphatic heterocycles. The Morgan fingerprint density at radius 2 is 0.566 bits per heavy atom. The summed E-state index contributed by atoms with van der Waals surface area (Å²) in [6, 6.07) is 126. The molecule has 0 N–H and O–H groups in total. The van der Waals surface area contributed by atoms with Crippen molar-refractivity contribution in [3.63, 3.8) is 0 Å². The second-order valence-corrected chi connectivity index (χ2v) is 27.1. The van der Waals surface area contributed by atoms with E-state index in [1.807, 2.05) is 12.1 Å². The number of rotatable bonds is 11. The molecule has 10 heteroatoms. The summed E-state index contributed by atoms with van der Waals surface area (Å²) in [5, 5.41) is 34.5. The van der Waals surface area contributed by atoms with Crippen LogP contribution in [0.4, 0.5) is 34.1 Å². The van der Waals surface area contributed by atoms with Gasteiger partial charge in [0.25, 0.3) is 0 Å². The first-order valence-corrected chi connectivity index (χ1v) is 35.6. The first kappa shape index (κ1) is 60.0. The molecule has 0 spiro atoms. The van der Waals surface area contributed by atoms with Crippen LogP contribution >= 0.6 is 0 Å². The maximum Gasteiger partial charge on any atom is 0.101 e. The Morgan fingerprint density at radius 1 is 0.226 bits per heavy atom. The van der Waals surface area contributed by atoms with Crippen molar-refractivity contribution in [2.75, 3.05) is 9.80 Å². The number of benzene rings is 16. The lowest BCUT2D eigenvalue weighted by Gasteiger charge is -2.26. The highest BCUT2D eigenvalue weighted by molar-refractivity contribution is 6.24. The van der Waals surface area contributed by atoms with E-state index in [0.29, 0.717) is 11.1 Å². The first-order chi connectivity index (χ1) is 52.5. The third kappa shape index (κ3) is 9.22. The molecular formula is C96H58N10. The molecular weight excluding hydrogens is 1290 g/mol. The number of nitrogens with zero attached hydrogens (tertiary/aromatic N) is 10. The van der Waals surface area contributed by atoms with Crippen molar-refractivity contribution < 1.29 is 0 Å². The molecule has 0 bridgehead atoms. The molecule has 0 saturated carbocycles. The monoisotopic (exact) mass is 1350 g/mol. The Hall–Kier alpha value is -14.8. The third-order valence-corrected chi connectivity index (χ3v) is 21.4. The number of anilines is 6. The predicted octanol–water partition coefficient (Wildman–Crippen LogP) is 24.7. The summed E-state index contributed by atoms with van der Waals surface area (Å²) in [7, 11) is 0. The smallest absolute Gasteiger partial charge is 0.101 e. The fraction of sp³-hybridized carbons (Fsp3) is 0. The minimum atomic E-state index is 0.310. The SMILES string of the molecule is N#Cc1cc(-n2c3ccccc3c3ccccc32)c(-n2c3ccccc3c3ccc(-c4cccc(N(c5ccccc5)c5ccc6c(c5)c5ccccc5n6-c5ccc6c(c5)c5cc(-n7c8ccccc8c8cc(N(c9ccccc9)c9ccccc9)ccc87)ccc5c5nccnc65)c4)cc32)cc1C#N. The molecule has 0 fully saturated rings. The number of nitriles is 2. The van der Waals surface area contributed by atoms with Crippen LogP contribution in [0, 0.1) is 22.7 Å². The van der Waals surface area contributed by atoms with Crippen LogP contribution in [0.3, 0.4) is 0 Å². The Balaban J connectivity index is 0.699. The van der Waals surface area contributed by atoms with Crippen molar-refractivity contribution in [3.8, 4) is 46.0 Å². The highest BCUT2D eigenvalue weighted by Gasteiger charge is 2.26. The Bertz CT molecular complexity index is 7220. The van der Waals surface area contributed by atoms with E-state index in [0.717, 1.165) is 182 Å². The molecule has 0 amide bonds. The quantitative estimate of drug-likeness (QED) is 0.120. The Morgan fingerprint density at radius 3 is 1.01 bits per heavy atom. The lowest BCUT2D eigenvalue weighted by atomic mass is 9.98. The fourth-order valence-corrected chi connectivity index (χ4v) is 16.9. The summed E-state index contributed by atoms with van der Waals surface area (Å²) in [4.78, 5) is 14.8. The number of para-hydroxylation sites is 8. The molecule has 0 radical (unpaired) electrons. The molecule has 0 unspecified atom stereocenters. The maximum atomic E-state index is 10.7. The summed E-state index contributed by atoms with van der Waals surface area (Å²) in [6.45, 7) is 0. The number of hydrogen-bond acceptors (Lipinski definition) is 6. The van der Waals surface area contributed by atoms with Gasteiger partial charge in [-0.3, -0.25) is 9.97 Å². The minimum Gasteiger partial charge on any atom is -0.310 e. The lowest BCUT2D eigenvalue weighted by molar-refractivity contribution is 1.09. The van der Waals surface area contributed by atoms with E-state index in [4.69, 9.17) is 9.97 Å². The second kappa shape index (κ2) is 23.9. The largest absolute Gasteiger partial charge is 0.310 e. The zero-order valence-electron chi connectivity index (χ0n) is 57.0. The van der Waals surface area contributed by atoms with E-state index < -0.39 is 0 Å². The highest BCUT2D eigenvalue weighted by Crippen LogP contribution is 2.47. The molecule has 0 aliphatic rings. The van der Waals surface area contributed by atoms with Crippen LogP contribution in [0.5, 0.6) is 0 Å². The van der Waals surface area contributed by atoms with Gasteiger partial charge in [0.05, 0.1) is 77.7 Å². The third-order valence-electron chi connectivity index (χ3n) is 21.4. The summed E-state index contributed by atoms with van der Waals surface area (Å²) < 4.78 is 9.35. The Kier molecular flexibility index (Phi) is 13.5. The summed E-state index contributed by atoms with van der Waals surface area (Å²) >= 11 is 0. The average Bonchev–Trinajstić information content (AvgIpc) is 1.46. The van der Waals surface area contributed by atoms with Crippen molar-refractivity contribution in [3.05, 3.63) is 363 Å². The number of hydrogen-bond donors (Lipinski definition) is 0. The van der Waals surface area contributed by atoms with E-state index >= 15 is 0 Å². The van der Waals surface area contributed by atoms with E-state index in [9.17, 15) is 10.5 Å². The molecule has 21 aromatic rings.